The van der Waals surface area contributed by atoms with Crippen LogP contribution in [0.4, 0.5) is 0 Å². The monoisotopic (exact) mass is 262 g/mol. The number of hydrogen-bond acceptors (Lipinski definition) is 5. The summed E-state index contributed by atoms with van der Waals surface area (Å²) in [7, 11) is 0. The van der Waals surface area contributed by atoms with Crippen molar-refractivity contribution in [3.8, 4) is 0 Å². The zero-order valence-corrected chi connectivity index (χ0v) is 11.3. The van der Waals surface area contributed by atoms with Gasteiger partial charge in [0.15, 0.2) is 0 Å². The van der Waals surface area contributed by atoms with Gasteiger partial charge in [0.2, 0.25) is 5.91 Å². The summed E-state index contributed by atoms with van der Waals surface area (Å²) in [5, 5.41) is 2.77. The van der Waals surface area contributed by atoms with E-state index in [0.29, 0.717) is 59.2 Å². The number of ether oxygens (including phenoxy) is 3. The van der Waals surface area contributed by atoms with Gasteiger partial charge in [-0.3, -0.25) is 4.79 Å². The summed E-state index contributed by atoms with van der Waals surface area (Å²) in [6.07, 6.45) is 1.44. The van der Waals surface area contributed by atoms with Crippen LogP contribution in [0.1, 0.15) is 19.8 Å². The normalized spacial score (nSPS) is 10.6. The van der Waals surface area contributed by atoms with Crippen molar-refractivity contribution in [2.75, 3.05) is 52.7 Å². The van der Waals surface area contributed by atoms with E-state index in [1.807, 2.05) is 6.92 Å². The summed E-state index contributed by atoms with van der Waals surface area (Å²) >= 11 is 0. The number of rotatable bonds is 13. The molecule has 0 heterocycles. The number of amides is 1. The van der Waals surface area contributed by atoms with Gasteiger partial charge in [0.05, 0.1) is 39.6 Å². The van der Waals surface area contributed by atoms with E-state index in [0.717, 1.165) is 6.42 Å². The lowest BCUT2D eigenvalue weighted by Gasteiger charge is -2.07. The van der Waals surface area contributed by atoms with Crippen LogP contribution in [-0.4, -0.2) is 58.6 Å². The van der Waals surface area contributed by atoms with E-state index in [9.17, 15) is 4.79 Å². The van der Waals surface area contributed by atoms with Crippen LogP contribution in [0.3, 0.4) is 0 Å². The lowest BCUT2D eigenvalue weighted by Crippen LogP contribution is -2.27. The molecule has 0 saturated heterocycles. The molecule has 0 aliphatic heterocycles. The highest BCUT2D eigenvalue weighted by Crippen LogP contribution is 1.85. The maximum atomic E-state index is 11.1. The molecule has 0 unspecified atom stereocenters. The zero-order chi connectivity index (χ0) is 13.5. The van der Waals surface area contributed by atoms with Gasteiger partial charge in [-0.25, -0.2) is 0 Å². The smallest absolute Gasteiger partial charge is 0.220 e. The molecule has 0 aliphatic carbocycles. The quantitative estimate of drug-likeness (QED) is 0.453. The zero-order valence-electron chi connectivity index (χ0n) is 11.3. The Morgan fingerprint density at radius 3 is 2.11 bits per heavy atom. The van der Waals surface area contributed by atoms with Crippen LogP contribution in [0.25, 0.3) is 0 Å². The van der Waals surface area contributed by atoms with Gasteiger partial charge in [-0.05, 0) is 6.42 Å². The van der Waals surface area contributed by atoms with Crippen molar-refractivity contribution in [2.45, 2.75) is 19.8 Å². The van der Waals surface area contributed by atoms with Crippen molar-refractivity contribution in [3.63, 3.8) is 0 Å². The molecule has 0 aromatic carbocycles. The van der Waals surface area contributed by atoms with Crippen LogP contribution in [0, 0.1) is 0 Å². The minimum Gasteiger partial charge on any atom is -0.378 e. The molecule has 6 nitrogen and oxygen atoms in total. The van der Waals surface area contributed by atoms with Crippen molar-refractivity contribution in [1.29, 1.82) is 0 Å². The molecule has 0 aromatic rings. The first-order valence-electron chi connectivity index (χ1n) is 6.51. The highest BCUT2D eigenvalue weighted by molar-refractivity contribution is 5.75. The predicted molar refractivity (Wildman–Crippen MR) is 69.4 cm³/mol. The summed E-state index contributed by atoms with van der Waals surface area (Å²) in [6, 6.07) is 0. The van der Waals surface area contributed by atoms with E-state index in [-0.39, 0.29) is 5.91 Å². The molecule has 0 saturated carbocycles. The Morgan fingerprint density at radius 1 is 1.00 bits per heavy atom. The van der Waals surface area contributed by atoms with Gasteiger partial charge >= 0.3 is 0 Å². The number of nitrogens with two attached hydrogens (primary N) is 1. The standard InChI is InChI=1S/C12H26N2O4/c1-2-3-12(15)14-5-7-17-9-11-18-10-8-16-6-4-13/h2-11,13H2,1H3,(H,14,15). The fourth-order valence-electron chi connectivity index (χ4n) is 1.20. The highest BCUT2D eigenvalue weighted by Gasteiger charge is 1.97. The molecule has 0 radical (unpaired) electrons. The van der Waals surface area contributed by atoms with E-state index >= 15 is 0 Å². The molecular formula is C12H26N2O4. The molecule has 0 rings (SSSR count). The van der Waals surface area contributed by atoms with Gasteiger partial charge in [0.25, 0.3) is 0 Å². The number of hydrogen-bond donors (Lipinski definition) is 2. The van der Waals surface area contributed by atoms with Crippen LogP contribution in [0.5, 0.6) is 0 Å². The molecule has 0 spiro atoms. The van der Waals surface area contributed by atoms with Crippen molar-refractivity contribution in [1.82, 2.24) is 5.32 Å². The minimum atomic E-state index is 0.0782. The summed E-state index contributed by atoms with van der Waals surface area (Å²) in [4.78, 5) is 11.1. The molecule has 108 valence electrons. The Balaban J connectivity index is 3.01. The van der Waals surface area contributed by atoms with E-state index in [1.165, 1.54) is 0 Å². The Labute approximate surface area is 109 Å². The fraction of sp³-hybridized carbons (Fsp3) is 0.917. The Morgan fingerprint density at radius 2 is 1.56 bits per heavy atom. The van der Waals surface area contributed by atoms with Gasteiger partial charge in [-0.15, -0.1) is 0 Å². The van der Waals surface area contributed by atoms with Gasteiger partial charge in [-0.1, -0.05) is 6.92 Å². The topological polar surface area (TPSA) is 82.8 Å². The molecule has 0 aliphatic rings. The molecule has 0 fully saturated rings. The van der Waals surface area contributed by atoms with Crippen LogP contribution in [0.15, 0.2) is 0 Å². The van der Waals surface area contributed by atoms with Crippen LogP contribution in [-0.2, 0) is 19.0 Å². The second-order valence-electron chi connectivity index (χ2n) is 3.73. The van der Waals surface area contributed by atoms with Crippen molar-refractivity contribution in [2.24, 2.45) is 5.73 Å². The van der Waals surface area contributed by atoms with Gasteiger partial charge in [0.1, 0.15) is 0 Å². The van der Waals surface area contributed by atoms with Crippen molar-refractivity contribution >= 4 is 5.91 Å². The first-order chi connectivity index (χ1) is 8.81. The fourth-order valence-corrected chi connectivity index (χ4v) is 1.20. The number of carbonyl (C=O) groups excluding carboxylic acids is 1. The van der Waals surface area contributed by atoms with Crippen LogP contribution < -0.4 is 11.1 Å². The SMILES string of the molecule is CCCC(=O)NCCOCCOCCOCCN. The molecule has 1 amide bonds. The predicted octanol–water partition coefficient (Wildman–Crippen LogP) is -0.0888. The largest absolute Gasteiger partial charge is 0.378 e. The second-order valence-corrected chi connectivity index (χ2v) is 3.73. The van der Waals surface area contributed by atoms with Gasteiger partial charge in [-0.2, -0.15) is 0 Å². The third-order valence-electron chi connectivity index (χ3n) is 2.05. The van der Waals surface area contributed by atoms with Gasteiger partial charge < -0.3 is 25.3 Å². The average Bonchev–Trinajstić information content (AvgIpc) is 2.36. The van der Waals surface area contributed by atoms with Crippen LogP contribution in [0.2, 0.25) is 0 Å². The third kappa shape index (κ3) is 13.4. The van der Waals surface area contributed by atoms with E-state index in [4.69, 9.17) is 19.9 Å². The lowest BCUT2D eigenvalue weighted by molar-refractivity contribution is -0.121. The first-order valence-corrected chi connectivity index (χ1v) is 6.51. The minimum absolute atomic E-state index is 0.0782. The molecule has 18 heavy (non-hydrogen) atoms. The summed E-state index contributed by atoms with van der Waals surface area (Å²) < 4.78 is 15.7. The maximum Gasteiger partial charge on any atom is 0.220 e. The maximum absolute atomic E-state index is 11.1. The van der Waals surface area contributed by atoms with E-state index in [1.54, 1.807) is 0 Å². The second kappa shape index (κ2) is 14.4. The van der Waals surface area contributed by atoms with Crippen molar-refractivity contribution in [3.05, 3.63) is 0 Å². The van der Waals surface area contributed by atoms with Crippen LogP contribution >= 0.6 is 0 Å². The molecule has 0 aromatic heterocycles. The first kappa shape index (κ1) is 17.3. The average molecular weight is 262 g/mol. The van der Waals surface area contributed by atoms with E-state index in [2.05, 4.69) is 5.32 Å². The molecular weight excluding hydrogens is 236 g/mol. The summed E-state index contributed by atoms with van der Waals surface area (Å²) in [6.45, 7) is 6.33. The number of carbonyl (C=O) groups is 1. The molecule has 0 atom stereocenters. The molecule has 0 bridgehead atoms. The van der Waals surface area contributed by atoms with E-state index < -0.39 is 0 Å². The Hall–Kier alpha value is -0.690. The van der Waals surface area contributed by atoms with Crippen molar-refractivity contribution < 1.29 is 19.0 Å². The number of nitrogens with one attached hydrogen (secondary N) is 1. The highest BCUT2D eigenvalue weighted by atomic mass is 16.5. The van der Waals surface area contributed by atoms with Gasteiger partial charge in [0, 0.05) is 19.5 Å². The summed E-state index contributed by atoms with van der Waals surface area (Å²) in [5.41, 5.74) is 5.26. The lowest BCUT2D eigenvalue weighted by atomic mass is 10.3. The third-order valence-corrected chi connectivity index (χ3v) is 2.05. The Bertz CT molecular complexity index is 191. The molecule has 3 N–H and O–H groups in total. The Kier molecular flexibility index (Phi) is 13.8. The summed E-state index contributed by atoms with van der Waals surface area (Å²) in [5.74, 6) is 0.0782. The molecule has 6 heteroatoms.